The fraction of sp³-hybridized carbons (Fsp3) is 0.200. The van der Waals surface area contributed by atoms with E-state index in [2.05, 4.69) is 37.2 Å². The molecule has 1 aromatic rings. The number of hydrogen-bond acceptors (Lipinski definition) is 3. The van der Waals surface area contributed by atoms with Crippen LogP contribution in [0.3, 0.4) is 0 Å². The van der Waals surface area contributed by atoms with Crippen LogP contribution in [0, 0.1) is 0 Å². The number of nitrogens with two attached hydrogens (primary N) is 1. The number of hydrogen-bond donors (Lipinski definition) is 3. The minimum absolute atomic E-state index is 0.210. The summed E-state index contributed by atoms with van der Waals surface area (Å²) in [5.74, 6) is -1.27. The molecule has 4 N–H and O–H groups in total. The molecule has 17 heavy (non-hydrogen) atoms. The van der Waals surface area contributed by atoms with Crippen molar-refractivity contribution in [3.63, 3.8) is 0 Å². The van der Waals surface area contributed by atoms with Gasteiger partial charge in [0.2, 0.25) is 5.91 Å². The van der Waals surface area contributed by atoms with Gasteiger partial charge in [0.1, 0.15) is 6.10 Å². The number of carbonyl (C=O) groups is 2. The van der Waals surface area contributed by atoms with E-state index in [4.69, 9.17) is 10.8 Å². The molecule has 0 bridgehead atoms. The number of benzene rings is 1. The van der Waals surface area contributed by atoms with E-state index in [1.807, 2.05) is 0 Å². The molecule has 7 heteroatoms. The van der Waals surface area contributed by atoms with E-state index in [-0.39, 0.29) is 6.54 Å². The van der Waals surface area contributed by atoms with Crippen molar-refractivity contribution >= 4 is 43.7 Å². The van der Waals surface area contributed by atoms with Gasteiger partial charge in [-0.05, 0) is 18.2 Å². The molecule has 0 fully saturated rings. The zero-order valence-electron chi connectivity index (χ0n) is 8.61. The van der Waals surface area contributed by atoms with Crippen molar-refractivity contribution in [2.45, 2.75) is 6.10 Å². The number of amides is 2. The van der Waals surface area contributed by atoms with E-state index in [1.54, 1.807) is 18.2 Å². The Morgan fingerprint density at radius 2 is 1.82 bits per heavy atom. The van der Waals surface area contributed by atoms with Crippen LogP contribution in [-0.4, -0.2) is 29.6 Å². The molecule has 0 spiro atoms. The topological polar surface area (TPSA) is 92.4 Å². The van der Waals surface area contributed by atoms with Crippen molar-refractivity contribution in [2.24, 2.45) is 5.73 Å². The predicted octanol–water partition coefficient (Wildman–Crippen LogP) is 0.788. The van der Waals surface area contributed by atoms with Gasteiger partial charge in [-0.1, -0.05) is 31.9 Å². The summed E-state index contributed by atoms with van der Waals surface area (Å²) in [6, 6.07) is 5.03. The highest BCUT2D eigenvalue weighted by molar-refractivity contribution is 9.11. The van der Waals surface area contributed by atoms with Crippen molar-refractivity contribution < 1.29 is 14.7 Å². The Kier molecular flexibility index (Phi) is 5.10. The Bertz CT molecular complexity index is 431. The number of halogens is 2. The Hall–Kier alpha value is -0.920. The standard InChI is InChI=1S/C10H10Br2N2O3/c11-6-1-5(2-7(12)3-6)10(17)14-4-8(15)9(13)16/h1-3,8,15H,4H2,(H2,13,16)(H,14,17). The molecule has 1 aromatic carbocycles. The Balaban J connectivity index is 2.67. The molecular formula is C10H10Br2N2O3. The molecule has 0 saturated heterocycles. The van der Waals surface area contributed by atoms with Gasteiger partial charge < -0.3 is 16.2 Å². The normalized spacial score (nSPS) is 11.9. The Labute approximate surface area is 115 Å². The van der Waals surface area contributed by atoms with Crippen LogP contribution in [0.25, 0.3) is 0 Å². The largest absolute Gasteiger partial charge is 0.381 e. The van der Waals surface area contributed by atoms with Crippen molar-refractivity contribution in [1.82, 2.24) is 5.32 Å². The van der Waals surface area contributed by atoms with Crippen molar-refractivity contribution in [3.8, 4) is 0 Å². The third-order valence-corrected chi connectivity index (χ3v) is 2.82. The summed E-state index contributed by atoms with van der Waals surface area (Å²) in [7, 11) is 0. The zero-order chi connectivity index (χ0) is 13.0. The van der Waals surface area contributed by atoms with Gasteiger partial charge in [-0.2, -0.15) is 0 Å². The van der Waals surface area contributed by atoms with Gasteiger partial charge in [0.15, 0.2) is 0 Å². The van der Waals surface area contributed by atoms with Crippen LogP contribution in [0.1, 0.15) is 10.4 Å². The van der Waals surface area contributed by atoms with Crippen LogP contribution >= 0.6 is 31.9 Å². The average Bonchev–Trinajstić information content (AvgIpc) is 2.23. The molecule has 0 saturated carbocycles. The zero-order valence-corrected chi connectivity index (χ0v) is 11.8. The molecule has 2 amide bonds. The van der Waals surface area contributed by atoms with E-state index in [0.29, 0.717) is 5.56 Å². The maximum absolute atomic E-state index is 11.7. The van der Waals surface area contributed by atoms with E-state index in [9.17, 15) is 9.59 Å². The highest BCUT2D eigenvalue weighted by Gasteiger charge is 2.13. The summed E-state index contributed by atoms with van der Waals surface area (Å²) in [5, 5.41) is 11.5. The molecule has 5 nitrogen and oxygen atoms in total. The molecule has 1 rings (SSSR count). The quantitative estimate of drug-likeness (QED) is 0.736. The van der Waals surface area contributed by atoms with Crippen molar-refractivity contribution in [1.29, 1.82) is 0 Å². The molecule has 92 valence electrons. The van der Waals surface area contributed by atoms with Gasteiger partial charge in [0, 0.05) is 14.5 Å². The lowest BCUT2D eigenvalue weighted by atomic mass is 10.2. The van der Waals surface area contributed by atoms with Crippen molar-refractivity contribution in [2.75, 3.05) is 6.54 Å². The summed E-state index contributed by atoms with van der Waals surface area (Å²) >= 11 is 6.50. The fourth-order valence-electron chi connectivity index (χ4n) is 1.08. The number of nitrogens with one attached hydrogen (secondary N) is 1. The third-order valence-electron chi connectivity index (χ3n) is 1.91. The lowest BCUT2D eigenvalue weighted by Crippen LogP contribution is -2.39. The van der Waals surface area contributed by atoms with E-state index in [0.717, 1.165) is 8.95 Å². The first kappa shape index (κ1) is 14.1. The molecule has 1 atom stereocenters. The SMILES string of the molecule is NC(=O)C(O)CNC(=O)c1cc(Br)cc(Br)c1. The van der Waals surface area contributed by atoms with Gasteiger partial charge in [-0.3, -0.25) is 9.59 Å². The fourth-order valence-corrected chi connectivity index (χ4v) is 2.37. The highest BCUT2D eigenvalue weighted by Crippen LogP contribution is 2.19. The van der Waals surface area contributed by atoms with Crippen LogP contribution in [0.5, 0.6) is 0 Å². The Morgan fingerprint density at radius 1 is 1.29 bits per heavy atom. The number of aliphatic hydroxyl groups is 1. The first-order valence-electron chi connectivity index (χ1n) is 4.62. The van der Waals surface area contributed by atoms with Gasteiger partial charge in [-0.15, -0.1) is 0 Å². The van der Waals surface area contributed by atoms with Crippen molar-refractivity contribution in [3.05, 3.63) is 32.7 Å². The molecule has 0 aliphatic carbocycles. The predicted molar refractivity (Wildman–Crippen MR) is 69.4 cm³/mol. The van der Waals surface area contributed by atoms with Crippen LogP contribution in [0.15, 0.2) is 27.1 Å². The second kappa shape index (κ2) is 6.13. The highest BCUT2D eigenvalue weighted by atomic mass is 79.9. The van der Waals surface area contributed by atoms with Gasteiger partial charge in [0.05, 0.1) is 6.54 Å². The minimum Gasteiger partial charge on any atom is -0.381 e. The average molecular weight is 366 g/mol. The summed E-state index contributed by atoms with van der Waals surface area (Å²) in [6.45, 7) is -0.210. The molecule has 0 radical (unpaired) electrons. The summed E-state index contributed by atoms with van der Waals surface area (Å²) in [5.41, 5.74) is 5.26. The third kappa shape index (κ3) is 4.45. The molecule has 0 aliphatic heterocycles. The smallest absolute Gasteiger partial charge is 0.251 e. The molecule has 1 unspecified atom stereocenters. The van der Waals surface area contributed by atoms with Crippen LogP contribution in [0.4, 0.5) is 0 Å². The van der Waals surface area contributed by atoms with E-state index >= 15 is 0 Å². The maximum Gasteiger partial charge on any atom is 0.251 e. The molecule has 0 aromatic heterocycles. The second-order valence-electron chi connectivity index (χ2n) is 3.29. The van der Waals surface area contributed by atoms with Crippen LogP contribution < -0.4 is 11.1 Å². The first-order chi connectivity index (χ1) is 7.90. The Morgan fingerprint density at radius 3 is 2.29 bits per heavy atom. The van der Waals surface area contributed by atoms with Crippen LogP contribution in [0.2, 0.25) is 0 Å². The summed E-state index contributed by atoms with van der Waals surface area (Å²) in [4.78, 5) is 22.2. The molecule has 0 heterocycles. The number of aliphatic hydroxyl groups excluding tert-OH is 1. The van der Waals surface area contributed by atoms with Gasteiger partial charge >= 0.3 is 0 Å². The minimum atomic E-state index is -1.38. The number of carbonyl (C=O) groups excluding carboxylic acids is 2. The molecule has 0 aliphatic rings. The van der Waals surface area contributed by atoms with Gasteiger partial charge in [-0.25, -0.2) is 0 Å². The second-order valence-corrected chi connectivity index (χ2v) is 5.12. The van der Waals surface area contributed by atoms with Crippen LogP contribution in [-0.2, 0) is 4.79 Å². The molecular weight excluding hydrogens is 356 g/mol. The van der Waals surface area contributed by atoms with E-state index in [1.165, 1.54) is 0 Å². The lowest BCUT2D eigenvalue weighted by Gasteiger charge is -2.09. The number of primary amides is 1. The first-order valence-corrected chi connectivity index (χ1v) is 6.20. The number of rotatable bonds is 4. The summed E-state index contributed by atoms with van der Waals surface area (Å²) < 4.78 is 1.49. The summed E-state index contributed by atoms with van der Waals surface area (Å²) in [6.07, 6.45) is -1.38. The van der Waals surface area contributed by atoms with E-state index < -0.39 is 17.9 Å². The van der Waals surface area contributed by atoms with Gasteiger partial charge in [0.25, 0.3) is 5.91 Å². The maximum atomic E-state index is 11.7. The lowest BCUT2D eigenvalue weighted by molar-refractivity contribution is -0.125. The monoisotopic (exact) mass is 364 g/mol.